The number of methoxy groups -OCH3 is 1. The second kappa shape index (κ2) is 12.4. The summed E-state index contributed by atoms with van der Waals surface area (Å²) in [5.41, 5.74) is -0.472. The van der Waals surface area contributed by atoms with Crippen molar-refractivity contribution >= 4 is 29.3 Å². The van der Waals surface area contributed by atoms with Crippen LogP contribution in [0.4, 0.5) is 33.7 Å². The third-order valence-corrected chi connectivity index (χ3v) is 5.00. The first-order valence-electron chi connectivity index (χ1n) is 10.2. The van der Waals surface area contributed by atoms with Crippen LogP contribution in [-0.4, -0.2) is 89.1 Å². The second-order valence-corrected chi connectivity index (χ2v) is 7.12. The van der Waals surface area contributed by atoms with Gasteiger partial charge in [0.15, 0.2) is 11.6 Å². The SMILES string of the molecule is CCN(CCN(CC(=O)OC)OC)c1c(F)cc(N2C[C@H](CNC(=O)C(F)F)OC2=O)cc1F. The van der Waals surface area contributed by atoms with Crippen molar-refractivity contribution in [2.24, 2.45) is 0 Å². The van der Waals surface area contributed by atoms with Crippen LogP contribution in [0.2, 0.25) is 0 Å². The first kappa shape index (κ1) is 27.1. The lowest BCUT2D eigenvalue weighted by Gasteiger charge is -2.27. The second-order valence-electron chi connectivity index (χ2n) is 7.12. The van der Waals surface area contributed by atoms with Gasteiger partial charge in [0.2, 0.25) is 0 Å². The molecule has 1 aromatic rings. The summed E-state index contributed by atoms with van der Waals surface area (Å²) in [5.74, 6) is -3.96. The molecule has 34 heavy (non-hydrogen) atoms. The van der Waals surface area contributed by atoms with Gasteiger partial charge in [-0.25, -0.2) is 13.6 Å². The van der Waals surface area contributed by atoms with Crippen LogP contribution in [0.1, 0.15) is 6.92 Å². The number of esters is 1. The average Bonchev–Trinajstić information content (AvgIpc) is 3.18. The van der Waals surface area contributed by atoms with E-state index < -0.39 is 42.1 Å². The number of nitrogens with one attached hydrogen (secondary N) is 1. The highest BCUT2D eigenvalue weighted by molar-refractivity contribution is 5.90. The van der Waals surface area contributed by atoms with E-state index in [-0.39, 0.29) is 50.6 Å². The molecule has 14 heteroatoms. The zero-order valence-electron chi connectivity index (χ0n) is 18.9. The number of rotatable bonds is 12. The van der Waals surface area contributed by atoms with Crippen molar-refractivity contribution in [3.8, 4) is 0 Å². The van der Waals surface area contributed by atoms with Gasteiger partial charge in [0.25, 0.3) is 5.91 Å². The molecule has 1 atom stereocenters. The lowest BCUT2D eigenvalue weighted by atomic mass is 10.2. The van der Waals surface area contributed by atoms with E-state index in [4.69, 9.17) is 9.57 Å². The molecule has 1 saturated heterocycles. The molecule has 0 aliphatic carbocycles. The van der Waals surface area contributed by atoms with Crippen molar-refractivity contribution in [3.63, 3.8) is 0 Å². The molecule has 1 N–H and O–H groups in total. The Bertz CT molecular complexity index is 868. The van der Waals surface area contributed by atoms with E-state index in [0.717, 1.165) is 17.0 Å². The van der Waals surface area contributed by atoms with Crippen LogP contribution >= 0.6 is 0 Å². The van der Waals surface area contributed by atoms with Gasteiger partial charge in [-0.1, -0.05) is 0 Å². The molecular formula is C20H26F4N4O6. The quantitative estimate of drug-likeness (QED) is 0.265. The molecule has 0 bridgehead atoms. The maximum Gasteiger partial charge on any atom is 0.414 e. The maximum absolute atomic E-state index is 14.9. The summed E-state index contributed by atoms with van der Waals surface area (Å²) in [6, 6.07) is 1.90. The number of halogens is 4. The van der Waals surface area contributed by atoms with Gasteiger partial charge in [0.05, 0.1) is 33.0 Å². The monoisotopic (exact) mass is 494 g/mol. The fourth-order valence-corrected chi connectivity index (χ4v) is 3.24. The normalized spacial score (nSPS) is 15.6. The minimum absolute atomic E-state index is 0.103. The molecule has 0 spiro atoms. The number of benzene rings is 1. The van der Waals surface area contributed by atoms with Gasteiger partial charge < -0.3 is 24.5 Å². The Labute approximate surface area is 193 Å². The summed E-state index contributed by atoms with van der Waals surface area (Å²) < 4.78 is 63.9. The highest BCUT2D eigenvalue weighted by atomic mass is 19.3. The van der Waals surface area contributed by atoms with Crippen LogP contribution in [-0.2, 0) is 23.9 Å². The van der Waals surface area contributed by atoms with E-state index in [9.17, 15) is 31.9 Å². The summed E-state index contributed by atoms with van der Waals surface area (Å²) in [5, 5.41) is 3.19. The molecule has 190 valence electrons. The highest BCUT2D eigenvalue weighted by Gasteiger charge is 2.34. The molecule has 1 aliphatic heterocycles. The molecule has 0 radical (unpaired) electrons. The molecule has 1 heterocycles. The van der Waals surface area contributed by atoms with E-state index in [1.165, 1.54) is 24.2 Å². The minimum Gasteiger partial charge on any atom is -0.468 e. The summed E-state index contributed by atoms with van der Waals surface area (Å²) in [6.07, 6.45) is -5.13. The van der Waals surface area contributed by atoms with Crippen molar-refractivity contribution in [1.29, 1.82) is 0 Å². The minimum atomic E-state index is -3.22. The smallest absolute Gasteiger partial charge is 0.414 e. The molecule has 0 aromatic heterocycles. The van der Waals surface area contributed by atoms with Crippen LogP contribution < -0.4 is 15.1 Å². The van der Waals surface area contributed by atoms with Crippen LogP contribution in [0.3, 0.4) is 0 Å². The predicted octanol–water partition coefficient (Wildman–Crippen LogP) is 1.53. The van der Waals surface area contributed by atoms with Gasteiger partial charge in [0, 0.05) is 31.8 Å². The van der Waals surface area contributed by atoms with E-state index in [2.05, 4.69) is 4.74 Å². The molecule has 1 aromatic carbocycles. The standard InChI is InChI=1S/C20H26F4N4O6/c1-4-26(5-6-27(33-3)11-16(29)32-2)17-14(21)7-12(8-15(17)22)28-10-13(34-20(28)31)9-25-19(30)18(23)24/h7-8,13,18H,4-6,9-11H2,1-3H3,(H,25,30)/t13-/m0/s1. The van der Waals surface area contributed by atoms with Crippen molar-refractivity contribution < 1.29 is 46.3 Å². The maximum atomic E-state index is 14.9. The fraction of sp³-hybridized carbons (Fsp3) is 0.550. The van der Waals surface area contributed by atoms with Crippen molar-refractivity contribution in [3.05, 3.63) is 23.8 Å². The van der Waals surface area contributed by atoms with Gasteiger partial charge in [0.1, 0.15) is 18.3 Å². The number of anilines is 2. The average molecular weight is 494 g/mol. The number of nitrogens with zero attached hydrogens (tertiary/aromatic N) is 3. The molecule has 1 aliphatic rings. The van der Waals surface area contributed by atoms with E-state index in [1.807, 2.05) is 5.32 Å². The zero-order chi connectivity index (χ0) is 25.4. The Morgan fingerprint density at radius 1 is 1.24 bits per heavy atom. The number of hydroxylamine groups is 2. The Hall–Kier alpha value is -3.13. The fourth-order valence-electron chi connectivity index (χ4n) is 3.24. The molecule has 1 fully saturated rings. The number of carbonyl (C=O) groups is 3. The number of alkyl halides is 2. The van der Waals surface area contributed by atoms with Gasteiger partial charge in [-0.05, 0) is 6.92 Å². The lowest BCUT2D eigenvalue weighted by Crippen LogP contribution is -2.38. The zero-order valence-corrected chi connectivity index (χ0v) is 18.9. The van der Waals surface area contributed by atoms with Gasteiger partial charge >= 0.3 is 18.5 Å². The van der Waals surface area contributed by atoms with Crippen molar-refractivity contribution in [1.82, 2.24) is 10.4 Å². The van der Waals surface area contributed by atoms with E-state index in [0.29, 0.717) is 0 Å². The first-order chi connectivity index (χ1) is 16.1. The number of hydrogen-bond acceptors (Lipinski definition) is 8. The Morgan fingerprint density at radius 3 is 2.41 bits per heavy atom. The summed E-state index contributed by atoms with van der Waals surface area (Å²) >= 11 is 0. The summed E-state index contributed by atoms with van der Waals surface area (Å²) in [6.45, 7) is 1.39. The number of carbonyl (C=O) groups excluding carboxylic acids is 3. The van der Waals surface area contributed by atoms with Crippen LogP contribution in [0.25, 0.3) is 0 Å². The van der Waals surface area contributed by atoms with Crippen LogP contribution in [0.15, 0.2) is 12.1 Å². The molecular weight excluding hydrogens is 468 g/mol. The van der Waals surface area contributed by atoms with Gasteiger partial charge in [-0.3, -0.25) is 14.5 Å². The van der Waals surface area contributed by atoms with Crippen LogP contribution in [0, 0.1) is 11.6 Å². The topological polar surface area (TPSA) is 101 Å². The van der Waals surface area contributed by atoms with E-state index in [1.54, 1.807) is 6.92 Å². The number of likely N-dealkylation sites (N-methyl/N-ethyl adjacent to an activating group) is 1. The summed E-state index contributed by atoms with van der Waals surface area (Å²) in [4.78, 5) is 41.9. The highest BCUT2D eigenvalue weighted by Crippen LogP contribution is 2.31. The van der Waals surface area contributed by atoms with Gasteiger partial charge in [-0.15, -0.1) is 0 Å². The molecule has 0 unspecified atom stereocenters. The Morgan fingerprint density at radius 2 is 1.88 bits per heavy atom. The molecule has 2 amide bonds. The third-order valence-electron chi connectivity index (χ3n) is 5.00. The Balaban J connectivity index is 2.10. The largest absolute Gasteiger partial charge is 0.468 e. The van der Waals surface area contributed by atoms with Crippen molar-refractivity contribution in [2.75, 3.05) is 63.3 Å². The molecule has 0 saturated carbocycles. The molecule has 2 rings (SSSR count). The number of amides is 2. The Kier molecular flexibility index (Phi) is 9.86. The lowest BCUT2D eigenvalue weighted by molar-refractivity contribution is -0.165. The van der Waals surface area contributed by atoms with Crippen molar-refractivity contribution in [2.45, 2.75) is 19.5 Å². The first-order valence-corrected chi connectivity index (χ1v) is 10.2. The van der Waals surface area contributed by atoms with E-state index >= 15 is 0 Å². The van der Waals surface area contributed by atoms with Gasteiger partial charge in [-0.2, -0.15) is 13.8 Å². The molecule has 10 nitrogen and oxygen atoms in total. The number of cyclic esters (lactones) is 1. The third kappa shape index (κ3) is 6.93. The van der Waals surface area contributed by atoms with Crippen LogP contribution in [0.5, 0.6) is 0 Å². The number of hydrogen-bond donors (Lipinski definition) is 1. The number of ether oxygens (including phenoxy) is 2. The summed E-state index contributed by atoms with van der Waals surface area (Å²) in [7, 11) is 2.56. The predicted molar refractivity (Wildman–Crippen MR) is 111 cm³/mol.